The fourth-order valence-corrected chi connectivity index (χ4v) is 4.02. The Morgan fingerprint density at radius 3 is 2.80 bits per heavy atom. The van der Waals surface area contributed by atoms with Crippen molar-refractivity contribution < 1.29 is 9.84 Å². The molecule has 0 amide bonds. The van der Waals surface area contributed by atoms with Crippen LogP contribution in [0.5, 0.6) is 0 Å². The van der Waals surface area contributed by atoms with Crippen LogP contribution in [-0.2, 0) is 4.74 Å². The molecule has 1 saturated heterocycles. The van der Waals surface area contributed by atoms with Crippen molar-refractivity contribution >= 4 is 0 Å². The van der Waals surface area contributed by atoms with Gasteiger partial charge in [0.2, 0.25) is 0 Å². The molecule has 0 bridgehead atoms. The molecule has 0 radical (unpaired) electrons. The van der Waals surface area contributed by atoms with E-state index < -0.39 is 0 Å². The van der Waals surface area contributed by atoms with E-state index in [0.29, 0.717) is 18.1 Å². The first kappa shape index (κ1) is 14.1. The second-order valence-corrected chi connectivity index (χ2v) is 6.71. The molecule has 1 saturated carbocycles. The zero-order chi connectivity index (χ0) is 14.2. The summed E-state index contributed by atoms with van der Waals surface area (Å²) in [5.41, 5.74) is 1.30. The lowest BCUT2D eigenvalue weighted by molar-refractivity contribution is -0.195. The summed E-state index contributed by atoms with van der Waals surface area (Å²) in [6, 6.07) is 10.7. The van der Waals surface area contributed by atoms with Gasteiger partial charge in [0.15, 0.2) is 0 Å². The van der Waals surface area contributed by atoms with E-state index in [0.717, 1.165) is 18.6 Å². The van der Waals surface area contributed by atoms with E-state index in [1.54, 1.807) is 0 Å². The van der Waals surface area contributed by atoms with Gasteiger partial charge in [-0.15, -0.1) is 0 Å². The number of benzene rings is 1. The largest absolute Gasteiger partial charge is 0.394 e. The molecule has 20 heavy (non-hydrogen) atoms. The van der Waals surface area contributed by atoms with E-state index in [4.69, 9.17) is 4.74 Å². The number of hydrogen-bond acceptors (Lipinski definition) is 3. The number of ether oxygens (including phenoxy) is 1. The van der Waals surface area contributed by atoms with Gasteiger partial charge in [0.25, 0.3) is 0 Å². The lowest BCUT2D eigenvalue weighted by atomic mass is 9.55. The molecule has 0 spiro atoms. The van der Waals surface area contributed by atoms with Crippen molar-refractivity contribution in [2.75, 3.05) is 13.2 Å². The summed E-state index contributed by atoms with van der Waals surface area (Å²) in [7, 11) is 0. The van der Waals surface area contributed by atoms with Gasteiger partial charge < -0.3 is 15.2 Å². The van der Waals surface area contributed by atoms with Gasteiger partial charge in [0, 0.05) is 24.0 Å². The molecule has 0 aromatic heterocycles. The Balaban J connectivity index is 1.73. The van der Waals surface area contributed by atoms with Crippen molar-refractivity contribution in [3.05, 3.63) is 35.9 Å². The summed E-state index contributed by atoms with van der Waals surface area (Å²) in [6.45, 7) is 5.58. The fraction of sp³-hybridized carbons (Fsp3) is 0.647. The summed E-state index contributed by atoms with van der Waals surface area (Å²) in [6.07, 6.45) is 2.77. The smallest absolute Gasteiger partial charge is 0.0684 e. The van der Waals surface area contributed by atoms with E-state index in [1.165, 1.54) is 6.42 Å². The summed E-state index contributed by atoms with van der Waals surface area (Å²) in [5, 5.41) is 13.4. The van der Waals surface area contributed by atoms with Crippen LogP contribution in [-0.4, -0.2) is 30.5 Å². The Bertz CT molecular complexity index is 446. The zero-order valence-electron chi connectivity index (χ0n) is 12.4. The Morgan fingerprint density at radius 1 is 1.35 bits per heavy atom. The molecule has 2 fully saturated rings. The first-order valence-corrected chi connectivity index (χ1v) is 7.68. The molecule has 1 aliphatic heterocycles. The van der Waals surface area contributed by atoms with Crippen LogP contribution in [0.1, 0.15) is 38.3 Å². The van der Waals surface area contributed by atoms with Crippen LogP contribution in [0.4, 0.5) is 0 Å². The Labute approximate surface area is 121 Å². The van der Waals surface area contributed by atoms with Crippen molar-refractivity contribution in [3.63, 3.8) is 0 Å². The SMILES string of the molecule is CC1(C)C(NC(CO)c2ccccc2)C2CCCOC21. The van der Waals surface area contributed by atoms with Crippen molar-refractivity contribution in [2.24, 2.45) is 11.3 Å². The average Bonchev–Trinajstić information content (AvgIpc) is 2.49. The van der Waals surface area contributed by atoms with Crippen LogP contribution < -0.4 is 5.32 Å². The third-order valence-electron chi connectivity index (χ3n) is 5.10. The highest BCUT2D eigenvalue weighted by Gasteiger charge is 2.58. The minimum absolute atomic E-state index is 0.0170. The van der Waals surface area contributed by atoms with Gasteiger partial charge in [-0.25, -0.2) is 0 Å². The van der Waals surface area contributed by atoms with Gasteiger partial charge in [-0.05, 0) is 18.4 Å². The van der Waals surface area contributed by atoms with Crippen LogP contribution in [0.3, 0.4) is 0 Å². The maximum Gasteiger partial charge on any atom is 0.0684 e. The zero-order valence-corrected chi connectivity index (χ0v) is 12.4. The molecule has 2 N–H and O–H groups in total. The van der Waals surface area contributed by atoms with Crippen LogP contribution in [0.15, 0.2) is 30.3 Å². The van der Waals surface area contributed by atoms with Gasteiger partial charge in [0.1, 0.15) is 0 Å². The van der Waals surface area contributed by atoms with Crippen molar-refractivity contribution in [1.82, 2.24) is 5.32 Å². The molecule has 4 unspecified atom stereocenters. The van der Waals surface area contributed by atoms with Gasteiger partial charge in [-0.3, -0.25) is 0 Å². The van der Waals surface area contributed by atoms with E-state index in [1.807, 2.05) is 18.2 Å². The minimum Gasteiger partial charge on any atom is -0.394 e. The average molecular weight is 275 g/mol. The molecule has 3 rings (SSSR count). The second-order valence-electron chi connectivity index (χ2n) is 6.71. The summed E-state index contributed by atoms with van der Waals surface area (Å²) >= 11 is 0. The third kappa shape index (κ3) is 2.28. The molecule has 1 aromatic carbocycles. The molecule has 4 atom stereocenters. The number of rotatable bonds is 4. The molecule has 3 heteroatoms. The predicted octanol–water partition coefficient (Wildman–Crippen LogP) is 2.51. The summed E-state index contributed by atoms with van der Waals surface area (Å²) in [5.74, 6) is 0.594. The quantitative estimate of drug-likeness (QED) is 0.887. The van der Waals surface area contributed by atoms with E-state index in [-0.39, 0.29) is 18.1 Å². The van der Waals surface area contributed by atoms with E-state index in [2.05, 4.69) is 31.3 Å². The predicted molar refractivity (Wildman–Crippen MR) is 79.4 cm³/mol. The van der Waals surface area contributed by atoms with Crippen molar-refractivity contribution in [2.45, 2.75) is 44.9 Å². The Hall–Kier alpha value is -0.900. The number of fused-ring (bicyclic) bond motifs is 1. The first-order chi connectivity index (χ1) is 9.64. The van der Waals surface area contributed by atoms with Crippen molar-refractivity contribution in [3.8, 4) is 0 Å². The number of aliphatic hydroxyl groups excluding tert-OH is 1. The second kappa shape index (κ2) is 5.47. The molecular weight excluding hydrogens is 250 g/mol. The molecular formula is C17H25NO2. The molecule has 1 aliphatic carbocycles. The standard InChI is InChI=1S/C17H25NO2/c1-17(2)15(13-9-6-10-20-16(13)17)18-14(11-19)12-7-4-3-5-8-12/h3-5,7-8,13-16,18-19H,6,9-11H2,1-2H3. The molecule has 1 heterocycles. The van der Waals surface area contributed by atoms with E-state index in [9.17, 15) is 5.11 Å². The summed E-state index contributed by atoms with van der Waals surface area (Å²) < 4.78 is 5.94. The number of aliphatic hydroxyl groups is 1. The van der Waals surface area contributed by atoms with Gasteiger partial charge in [-0.1, -0.05) is 44.2 Å². The van der Waals surface area contributed by atoms with Crippen LogP contribution in [0, 0.1) is 11.3 Å². The molecule has 2 aliphatic rings. The molecule has 3 nitrogen and oxygen atoms in total. The van der Waals surface area contributed by atoms with Gasteiger partial charge >= 0.3 is 0 Å². The van der Waals surface area contributed by atoms with Crippen LogP contribution >= 0.6 is 0 Å². The van der Waals surface area contributed by atoms with Crippen molar-refractivity contribution in [1.29, 1.82) is 0 Å². The fourth-order valence-electron chi connectivity index (χ4n) is 4.02. The monoisotopic (exact) mass is 275 g/mol. The highest BCUT2D eigenvalue weighted by Crippen LogP contribution is 2.51. The number of nitrogens with one attached hydrogen (secondary N) is 1. The van der Waals surface area contributed by atoms with E-state index >= 15 is 0 Å². The van der Waals surface area contributed by atoms with Gasteiger partial charge in [-0.2, -0.15) is 0 Å². The lowest BCUT2D eigenvalue weighted by Gasteiger charge is -2.60. The van der Waals surface area contributed by atoms with Crippen LogP contribution in [0.2, 0.25) is 0 Å². The third-order valence-corrected chi connectivity index (χ3v) is 5.10. The minimum atomic E-state index is 0.0170. The topological polar surface area (TPSA) is 41.5 Å². The molecule has 1 aromatic rings. The van der Waals surface area contributed by atoms with Gasteiger partial charge in [0.05, 0.1) is 18.8 Å². The Kier molecular flexibility index (Phi) is 3.85. The Morgan fingerprint density at radius 2 is 2.10 bits per heavy atom. The maximum atomic E-state index is 9.72. The maximum absolute atomic E-state index is 9.72. The highest BCUT2D eigenvalue weighted by atomic mass is 16.5. The first-order valence-electron chi connectivity index (χ1n) is 7.68. The molecule has 110 valence electrons. The van der Waals surface area contributed by atoms with Crippen LogP contribution in [0.25, 0.3) is 0 Å². The lowest BCUT2D eigenvalue weighted by Crippen LogP contribution is -2.69. The summed E-state index contributed by atoms with van der Waals surface area (Å²) in [4.78, 5) is 0. The highest BCUT2D eigenvalue weighted by molar-refractivity contribution is 5.21. The normalized spacial score (nSPS) is 33.0. The number of hydrogen-bond donors (Lipinski definition) is 2.